The van der Waals surface area contributed by atoms with Crippen molar-refractivity contribution < 1.29 is 19.3 Å². The maximum atomic E-state index is 11.1. The summed E-state index contributed by atoms with van der Waals surface area (Å²) < 4.78 is 5.32. The van der Waals surface area contributed by atoms with E-state index in [1.54, 1.807) is 0 Å². The second-order valence-corrected chi connectivity index (χ2v) is 3.88. The molecule has 1 atom stereocenters. The van der Waals surface area contributed by atoms with Gasteiger partial charge >= 0.3 is 0 Å². The molecule has 0 fully saturated rings. The molecule has 0 spiro atoms. The molecule has 0 unspecified atom stereocenters. The van der Waals surface area contributed by atoms with Crippen molar-refractivity contribution in [1.82, 2.24) is 5.32 Å². The molecule has 92 valence electrons. The van der Waals surface area contributed by atoms with E-state index in [-0.39, 0.29) is 31.0 Å². The van der Waals surface area contributed by atoms with E-state index in [9.17, 15) is 4.79 Å². The van der Waals surface area contributed by atoms with Crippen LogP contribution in [-0.4, -0.2) is 38.8 Å². The lowest BCUT2D eigenvalue weighted by atomic mass is 10.1. The van der Waals surface area contributed by atoms with Gasteiger partial charge in [-0.2, -0.15) is 0 Å². The fraction of sp³-hybridized carbons (Fsp3) is 0.900. The average Bonchev–Trinajstić information content (AvgIpc) is 2.21. The molecule has 6 heteroatoms. The SMILES string of the molecule is [B]CC(=O)N[C@@H](COC(C)C)OOC(C)C. The molecule has 0 heterocycles. The van der Waals surface area contributed by atoms with Crippen molar-refractivity contribution in [2.24, 2.45) is 0 Å². The molecule has 5 nitrogen and oxygen atoms in total. The van der Waals surface area contributed by atoms with Crippen molar-refractivity contribution in [1.29, 1.82) is 0 Å². The summed E-state index contributed by atoms with van der Waals surface area (Å²) in [6, 6.07) is 0. The van der Waals surface area contributed by atoms with Gasteiger partial charge in [-0.25, -0.2) is 9.78 Å². The molecule has 1 N–H and O–H groups in total. The standard InChI is InChI=1S/C10H20BNO4/c1-7(2)14-6-10(12-9(13)5-11)16-15-8(3)4/h7-8,10H,5-6H2,1-4H3,(H,12,13)/t10-/m1/s1. The Morgan fingerprint density at radius 1 is 1.19 bits per heavy atom. The van der Waals surface area contributed by atoms with Crippen molar-refractivity contribution in [3.63, 3.8) is 0 Å². The molecule has 1 amide bonds. The zero-order chi connectivity index (χ0) is 12.6. The van der Waals surface area contributed by atoms with Crippen molar-refractivity contribution in [2.45, 2.75) is 52.5 Å². The van der Waals surface area contributed by atoms with Crippen LogP contribution in [0.4, 0.5) is 0 Å². The van der Waals surface area contributed by atoms with Gasteiger partial charge in [-0.1, -0.05) is 0 Å². The number of rotatable bonds is 8. The molecule has 0 aliphatic rings. The Morgan fingerprint density at radius 3 is 2.25 bits per heavy atom. The summed E-state index contributed by atoms with van der Waals surface area (Å²) in [6.45, 7) is 7.66. The number of nitrogens with one attached hydrogen (secondary N) is 1. The van der Waals surface area contributed by atoms with Gasteiger partial charge in [0.25, 0.3) is 0 Å². The topological polar surface area (TPSA) is 56.8 Å². The van der Waals surface area contributed by atoms with Crippen molar-refractivity contribution >= 4 is 13.8 Å². The molecule has 0 aromatic carbocycles. The zero-order valence-corrected chi connectivity index (χ0v) is 10.4. The average molecular weight is 229 g/mol. The van der Waals surface area contributed by atoms with Crippen LogP contribution in [0.5, 0.6) is 0 Å². The van der Waals surface area contributed by atoms with E-state index < -0.39 is 6.23 Å². The Bertz CT molecular complexity index is 187. The molecule has 16 heavy (non-hydrogen) atoms. The van der Waals surface area contributed by atoms with Gasteiger partial charge in [0.2, 0.25) is 5.91 Å². The van der Waals surface area contributed by atoms with Crippen molar-refractivity contribution in [3.05, 3.63) is 0 Å². The van der Waals surface area contributed by atoms with Gasteiger partial charge in [0.05, 0.1) is 26.7 Å². The summed E-state index contributed by atoms with van der Waals surface area (Å²) >= 11 is 0. The van der Waals surface area contributed by atoms with Crippen LogP contribution in [0.2, 0.25) is 6.32 Å². The lowest BCUT2D eigenvalue weighted by molar-refractivity contribution is -0.354. The first-order valence-corrected chi connectivity index (χ1v) is 5.38. The maximum absolute atomic E-state index is 11.1. The van der Waals surface area contributed by atoms with E-state index in [4.69, 9.17) is 22.4 Å². The maximum Gasteiger partial charge on any atom is 0.213 e. The van der Waals surface area contributed by atoms with Crippen LogP contribution in [0.15, 0.2) is 0 Å². The highest BCUT2D eigenvalue weighted by atomic mass is 17.2. The second-order valence-electron chi connectivity index (χ2n) is 3.88. The van der Waals surface area contributed by atoms with E-state index >= 15 is 0 Å². The largest absolute Gasteiger partial charge is 0.374 e. The van der Waals surface area contributed by atoms with Crippen LogP contribution in [0.3, 0.4) is 0 Å². The summed E-state index contributed by atoms with van der Waals surface area (Å²) in [5.41, 5.74) is 0. The fourth-order valence-electron chi connectivity index (χ4n) is 0.790. The molecule has 0 rings (SSSR count). The Kier molecular flexibility index (Phi) is 8.24. The molecule has 0 saturated carbocycles. The Morgan fingerprint density at radius 2 is 1.81 bits per heavy atom. The van der Waals surface area contributed by atoms with Crippen molar-refractivity contribution in [3.8, 4) is 0 Å². The first kappa shape index (κ1) is 15.4. The molecule has 0 aromatic heterocycles. The molecule has 0 aliphatic heterocycles. The Labute approximate surface area is 98.2 Å². The monoisotopic (exact) mass is 229 g/mol. The van der Waals surface area contributed by atoms with Gasteiger partial charge in [0.15, 0.2) is 6.23 Å². The van der Waals surface area contributed by atoms with Gasteiger partial charge in [0.1, 0.15) is 0 Å². The third-order valence-electron chi connectivity index (χ3n) is 1.45. The predicted molar refractivity (Wildman–Crippen MR) is 60.9 cm³/mol. The smallest absolute Gasteiger partial charge is 0.213 e. The van der Waals surface area contributed by atoms with E-state index in [1.807, 2.05) is 27.7 Å². The van der Waals surface area contributed by atoms with Crippen LogP contribution < -0.4 is 5.32 Å². The summed E-state index contributed by atoms with van der Waals surface area (Å²) in [6.07, 6.45) is -0.763. The highest BCUT2D eigenvalue weighted by Crippen LogP contribution is 1.98. The summed E-state index contributed by atoms with van der Waals surface area (Å²) in [5, 5.41) is 2.54. The lowest BCUT2D eigenvalue weighted by Crippen LogP contribution is -2.41. The number of carbonyl (C=O) groups excluding carboxylic acids is 1. The Balaban J connectivity index is 3.99. The van der Waals surface area contributed by atoms with Crippen LogP contribution >= 0.6 is 0 Å². The summed E-state index contributed by atoms with van der Waals surface area (Å²) in [4.78, 5) is 21.0. The number of hydrogen-bond donors (Lipinski definition) is 1. The van der Waals surface area contributed by atoms with E-state index in [0.29, 0.717) is 0 Å². The van der Waals surface area contributed by atoms with Crippen LogP contribution in [0.1, 0.15) is 27.7 Å². The summed E-state index contributed by atoms with van der Waals surface area (Å²) in [7, 11) is 5.18. The van der Waals surface area contributed by atoms with Crippen LogP contribution in [0.25, 0.3) is 0 Å². The molecular formula is C10H20BNO4. The normalized spacial score (nSPS) is 13.1. The molecule has 0 bridgehead atoms. The van der Waals surface area contributed by atoms with Gasteiger partial charge in [-0.3, -0.25) is 4.79 Å². The zero-order valence-electron chi connectivity index (χ0n) is 10.4. The van der Waals surface area contributed by atoms with Gasteiger partial charge in [-0.05, 0) is 34.0 Å². The van der Waals surface area contributed by atoms with Crippen molar-refractivity contribution in [2.75, 3.05) is 6.61 Å². The van der Waals surface area contributed by atoms with Crippen LogP contribution in [0, 0.1) is 0 Å². The fourth-order valence-corrected chi connectivity index (χ4v) is 0.790. The van der Waals surface area contributed by atoms with Gasteiger partial charge in [0, 0.05) is 0 Å². The van der Waals surface area contributed by atoms with E-state index in [2.05, 4.69) is 5.32 Å². The predicted octanol–water partition coefficient (Wildman–Crippen LogP) is 0.797. The molecule has 2 radical (unpaired) electrons. The minimum absolute atomic E-state index is 0.0555. The molecule has 0 saturated heterocycles. The van der Waals surface area contributed by atoms with Gasteiger partial charge in [-0.15, -0.1) is 0 Å². The molecule has 0 aliphatic carbocycles. The highest BCUT2D eigenvalue weighted by molar-refractivity contribution is 6.19. The lowest BCUT2D eigenvalue weighted by Gasteiger charge is -2.20. The number of ether oxygens (including phenoxy) is 1. The first-order chi connectivity index (χ1) is 7.45. The highest BCUT2D eigenvalue weighted by Gasteiger charge is 2.14. The van der Waals surface area contributed by atoms with Crippen LogP contribution in [-0.2, 0) is 19.3 Å². The first-order valence-electron chi connectivity index (χ1n) is 5.38. The number of hydrogen-bond acceptors (Lipinski definition) is 4. The minimum atomic E-state index is -0.638. The third-order valence-corrected chi connectivity index (χ3v) is 1.45. The molecular weight excluding hydrogens is 209 g/mol. The summed E-state index contributed by atoms with van der Waals surface area (Å²) in [5.74, 6) is -0.315. The van der Waals surface area contributed by atoms with E-state index in [1.165, 1.54) is 0 Å². The third kappa shape index (κ3) is 8.70. The van der Waals surface area contributed by atoms with Gasteiger partial charge < -0.3 is 10.1 Å². The second kappa shape index (κ2) is 8.55. The quantitative estimate of drug-likeness (QED) is 0.289. The number of carbonyl (C=O) groups is 1. The number of amides is 1. The minimum Gasteiger partial charge on any atom is -0.374 e. The Hall–Kier alpha value is -0.585. The molecule has 0 aromatic rings. The van der Waals surface area contributed by atoms with E-state index in [0.717, 1.165) is 0 Å².